The van der Waals surface area contributed by atoms with Gasteiger partial charge in [-0.05, 0) is 20.8 Å². The zero-order chi connectivity index (χ0) is 16.4. The van der Waals surface area contributed by atoms with Crippen LogP contribution in [0.2, 0.25) is 0 Å². The zero-order valence-electron chi connectivity index (χ0n) is 13.3. The molecule has 1 N–H and O–H groups in total. The molecule has 0 saturated carbocycles. The maximum Gasteiger partial charge on any atom is 0.405 e. The fourth-order valence-corrected chi connectivity index (χ4v) is 2.00. The summed E-state index contributed by atoms with van der Waals surface area (Å²) >= 11 is 0. The van der Waals surface area contributed by atoms with E-state index < -0.39 is 12.7 Å². The van der Waals surface area contributed by atoms with E-state index in [1.54, 1.807) is 27.8 Å². The van der Waals surface area contributed by atoms with Crippen molar-refractivity contribution in [3.63, 3.8) is 0 Å². The molecule has 7 heteroatoms. The summed E-state index contributed by atoms with van der Waals surface area (Å²) in [7, 11) is 1.70. The largest absolute Gasteiger partial charge is 0.405 e. The van der Waals surface area contributed by atoms with Crippen molar-refractivity contribution in [3.8, 4) is 0 Å². The van der Waals surface area contributed by atoms with Gasteiger partial charge in [0.2, 0.25) is 0 Å². The number of aromatic nitrogens is 2. The SMILES string of the molecule is CNc1nc(C(C)C)nc(N(CC(F)(F)F)C(C)C)c1C. The van der Waals surface area contributed by atoms with E-state index in [4.69, 9.17) is 0 Å². The molecule has 0 aliphatic carbocycles. The van der Waals surface area contributed by atoms with Crippen molar-refractivity contribution in [3.05, 3.63) is 11.4 Å². The Morgan fingerprint density at radius 1 is 1.14 bits per heavy atom. The van der Waals surface area contributed by atoms with Crippen molar-refractivity contribution in [1.29, 1.82) is 0 Å². The minimum atomic E-state index is -4.28. The van der Waals surface area contributed by atoms with Crippen LogP contribution in [-0.2, 0) is 0 Å². The van der Waals surface area contributed by atoms with Crippen molar-refractivity contribution in [2.75, 3.05) is 23.8 Å². The molecular formula is C14H23F3N4. The number of anilines is 2. The monoisotopic (exact) mass is 304 g/mol. The highest BCUT2D eigenvalue weighted by atomic mass is 19.4. The van der Waals surface area contributed by atoms with Gasteiger partial charge in [-0.3, -0.25) is 0 Å². The normalized spacial score (nSPS) is 12.1. The third kappa shape index (κ3) is 4.47. The fraction of sp³-hybridized carbons (Fsp3) is 0.714. The average molecular weight is 304 g/mol. The Labute approximate surface area is 123 Å². The third-order valence-corrected chi connectivity index (χ3v) is 3.14. The average Bonchev–Trinajstić information content (AvgIpc) is 2.35. The lowest BCUT2D eigenvalue weighted by Gasteiger charge is -2.31. The molecule has 0 spiro atoms. The maximum absolute atomic E-state index is 12.8. The quantitative estimate of drug-likeness (QED) is 0.900. The summed E-state index contributed by atoms with van der Waals surface area (Å²) in [5.74, 6) is 1.48. The van der Waals surface area contributed by atoms with Crippen LogP contribution in [0.1, 0.15) is 45.0 Å². The highest BCUT2D eigenvalue weighted by Gasteiger charge is 2.33. The van der Waals surface area contributed by atoms with E-state index >= 15 is 0 Å². The van der Waals surface area contributed by atoms with Crippen molar-refractivity contribution in [2.24, 2.45) is 0 Å². The molecule has 4 nitrogen and oxygen atoms in total. The van der Waals surface area contributed by atoms with Gasteiger partial charge in [0.05, 0.1) is 0 Å². The number of hydrogen-bond acceptors (Lipinski definition) is 4. The molecule has 0 fully saturated rings. The van der Waals surface area contributed by atoms with E-state index in [9.17, 15) is 13.2 Å². The molecule has 0 aliphatic rings. The minimum absolute atomic E-state index is 0.0383. The molecule has 0 unspecified atom stereocenters. The third-order valence-electron chi connectivity index (χ3n) is 3.14. The lowest BCUT2D eigenvalue weighted by atomic mass is 10.1. The van der Waals surface area contributed by atoms with Crippen LogP contribution in [0.4, 0.5) is 24.8 Å². The summed E-state index contributed by atoms with van der Waals surface area (Å²) < 4.78 is 38.5. The second-order valence-electron chi connectivity index (χ2n) is 5.62. The molecule has 21 heavy (non-hydrogen) atoms. The zero-order valence-corrected chi connectivity index (χ0v) is 13.3. The molecule has 1 aromatic rings. The first kappa shape index (κ1) is 17.5. The molecule has 0 aliphatic heterocycles. The van der Waals surface area contributed by atoms with Crippen molar-refractivity contribution >= 4 is 11.6 Å². The topological polar surface area (TPSA) is 41.1 Å². The Kier molecular flexibility index (Phi) is 5.42. The van der Waals surface area contributed by atoms with Gasteiger partial charge < -0.3 is 10.2 Å². The summed E-state index contributed by atoms with van der Waals surface area (Å²) in [6.07, 6.45) is -4.28. The van der Waals surface area contributed by atoms with E-state index in [-0.39, 0.29) is 12.0 Å². The van der Waals surface area contributed by atoms with Crippen LogP contribution in [0, 0.1) is 6.92 Å². The fourth-order valence-electron chi connectivity index (χ4n) is 2.00. The van der Waals surface area contributed by atoms with Gasteiger partial charge in [-0.25, -0.2) is 9.97 Å². The first-order valence-corrected chi connectivity index (χ1v) is 6.96. The Morgan fingerprint density at radius 2 is 1.71 bits per heavy atom. The predicted molar refractivity (Wildman–Crippen MR) is 78.9 cm³/mol. The molecule has 0 aromatic carbocycles. The highest BCUT2D eigenvalue weighted by Crippen LogP contribution is 2.29. The highest BCUT2D eigenvalue weighted by molar-refractivity contribution is 5.59. The second kappa shape index (κ2) is 6.49. The van der Waals surface area contributed by atoms with Crippen molar-refractivity contribution in [2.45, 2.75) is 52.8 Å². The summed E-state index contributed by atoms with van der Waals surface area (Å²) in [4.78, 5) is 9.99. The second-order valence-corrected chi connectivity index (χ2v) is 5.62. The van der Waals surface area contributed by atoms with Crippen LogP contribution in [0.25, 0.3) is 0 Å². The molecule has 1 heterocycles. The Bertz CT molecular complexity index is 484. The number of nitrogens with zero attached hydrogens (tertiary/aromatic N) is 3. The van der Waals surface area contributed by atoms with E-state index in [0.717, 1.165) is 0 Å². The van der Waals surface area contributed by atoms with E-state index in [2.05, 4.69) is 15.3 Å². The Balaban J connectivity index is 3.39. The van der Waals surface area contributed by atoms with E-state index in [0.29, 0.717) is 23.0 Å². The molecule has 1 rings (SSSR count). The number of alkyl halides is 3. The van der Waals surface area contributed by atoms with Gasteiger partial charge in [-0.2, -0.15) is 13.2 Å². The summed E-state index contributed by atoms with van der Waals surface area (Å²) in [5, 5.41) is 2.93. The number of halogens is 3. The first-order chi connectivity index (χ1) is 9.56. The Morgan fingerprint density at radius 3 is 2.10 bits per heavy atom. The van der Waals surface area contributed by atoms with E-state index in [1.165, 1.54) is 4.90 Å². The number of rotatable bonds is 5. The van der Waals surface area contributed by atoms with Crippen LogP contribution in [0.15, 0.2) is 0 Å². The molecule has 0 saturated heterocycles. The molecule has 0 amide bonds. The van der Waals surface area contributed by atoms with Crippen LogP contribution in [-0.4, -0.2) is 35.8 Å². The molecule has 1 aromatic heterocycles. The van der Waals surface area contributed by atoms with Gasteiger partial charge >= 0.3 is 6.18 Å². The van der Waals surface area contributed by atoms with Crippen LogP contribution in [0.3, 0.4) is 0 Å². The van der Waals surface area contributed by atoms with Crippen LogP contribution in [0.5, 0.6) is 0 Å². The molecular weight excluding hydrogens is 281 g/mol. The Hall–Kier alpha value is -1.53. The van der Waals surface area contributed by atoms with Gasteiger partial charge in [0.25, 0.3) is 0 Å². The summed E-state index contributed by atoms with van der Waals surface area (Å²) in [6, 6.07) is -0.315. The molecule has 120 valence electrons. The predicted octanol–water partition coefficient (Wildman–Crippen LogP) is 3.73. The molecule has 0 bridgehead atoms. The minimum Gasteiger partial charge on any atom is -0.373 e. The van der Waals surface area contributed by atoms with Crippen LogP contribution < -0.4 is 10.2 Å². The van der Waals surface area contributed by atoms with Gasteiger partial charge in [0.1, 0.15) is 24.0 Å². The standard InChI is InChI=1S/C14H23F3N4/c1-8(2)11-19-12(18-6)10(5)13(20-11)21(9(3)4)7-14(15,16)17/h8-9H,7H2,1-6H3,(H,18,19,20). The number of nitrogens with one attached hydrogen (secondary N) is 1. The number of hydrogen-bond donors (Lipinski definition) is 1. The lowest BCUT2D eigenvalue weighted by molar-refractivity contribution is -0.120. The lowest BCUT2D eigenvalue weighted by Crippen LogP contribution is -2.40. The maximum atomic E-state index is 12.8. The van der Waals surface area contributed by atoms with Crippen LogP contribution >= 0.6 is 0 Å². The van der Waals surface area contributed by atoms with Gasteiger partial charge in [0, 0.05) is 24.6 Å². The molecule has 0 radical (unpaired) electrons. The van der Waals surface area contributed by atoms with Crippen molar-refractivity contribution in [1.82, 2.24) is 9.97 Å². The van der Waals surface area contributed by atoms with Crippen molar-refractivity contribution < 1.29 is 13.2 Å². The smallest absolute Gasteiger partial charge is 0.373 e. The van der Waals surface area contributed by atoms with E-state index in [1.807, 2.05) is 13.8 Å². The summed E-state index contributed by atoms with van der Waals surface area (Å²) in [5.41, 5.74) is 0.625. The van der Waals surface area contributed by atoms with Gasteiger partial charge in [-0.15, -0.1) is 0 Å². The van der Waals surface area contributed by atoms with Gasteiger partial charge in [0.15, 0.2) is 0 Å². The molecule has 0 atom stereocenters. The van der Waals surface area contributed by atoms with Gasteiger partial charge in [-0.1, -0.05) is 13.8 Å². The summed E-state index contributed by atoms with van der Waals surface area (Å²) in [6.45, 7) is 7.98. The first-order valence-electron chi connectivity index (χ1n) is 6.96.